The van der Waals surface area contributed by atoms with Gasteiger partial charge in [-0.25, -0.2) is 9.98 Å². The van der Waals surface area contributed by atoms with Crippen molar-refractivity contribution in [3.63, 3.8) is 0 Å². The van der Waals surface area contributed by atoms with Crippen molar-refractivity contribution in [3.05, 3.63) is 40.3 Å². The summed E-state index contributed by atoms with van der Waals surface area (Å²) in [4.78, 5) is 8.72. The van der Waals surface area contributed by atoms with Crippen LogP contribution in [0.5, 0.6) is 5.75 Å². The predicted octanol–water partition coefficient (Wildman–Crippen LogP) is 2.64. The maximum absolute atomic E-state index is 5.86. The van der Waals surface area contributed by atoms with Crippen molar-refractivity contribution >= 4 is 23.0 Å². The molecule has 0 bridgehead atoms. The Morgan fingerprint density at radius 2 is 2.35 bits per heavy atom. The molecule has 2 rings (SSSR count). The average molecular weight is 290 g/mol. The molecule has 0 saturated carbocycles. The molecule has 5 nitrogen and oxygen atoms in total. The normalized spacial score (nSPS) is 11.4. The third-order valence-corrected chi connectivity index (χ3v) is 3.70. The van der Waals surface area contributed by atoms with Crippen LogP contribution in [-0.4, -0.2) is 18.1 Å². The van der Waals surface area contributed by atoms with E-state index in [0.29, 0.717) is 12.5 Å². The van der Waals surface area contributed by atoms with Crippen LogP contribution in [-0.2, 0) is 13.0 Å². The zero-order chi connectivity index (χ0) is 14.4. The molecule has 0 radical (unpaired) electrons. The van der Waals surface area contributed by atoms with Gasteiger partial charge in [0, 0.05) is 17.1 Å². The SMILES string of the molecule is CCc1nc(CN=C(N)Nc2cccc(OC)c2)cs1. The molecule has 0 atom stereocenters. The van der Waals surface area contributed by atoms with Gasteiger partial charge in [-0.3, -0.25) is 0 Å². The van der Waals surface area contributed by atoms with Gasteiger partial charge in [0.2, 0.25) is 0 Å². The van der Waals surface area contributed by atoms with Gasteiger partial charge in [-0.1, -0.05) is 13.0 Å². The van der Waals surface area contributed by atoms with Gasteiger partial charge in [0.15, 0.2) is 5.96 Å². The molecule has 1 heterocycles. The van der Waals surface area contributed by atoms with E-state index >= 15 is 0 Å². The first-order chi connectivity index (χ1) is 9.71. The van der Waals surface area contributed by atoms with Crippen molar-refractivity contribution in [2.45, 2.75) is 19.9 Å². The monoisotopic (exact) mass is 290 g/mol. The standard InChI is InChI=1S/C14H18N4OS/c1-3-13-17-11(9-20-13)8-16-14(15)18-10-5-4-6-12(7-10)19-2/h4-7,9H,3,8H2,1-2H3,(H3,15,16,18). The first kappa shape index (κ1) is 14.3. The van der Waals surface area contributed by atoms with Crippen LogP contribution in [0.2, 0.25) is 0 Å². The molecule has 0 aliphatic carbocycles. The number of guanidine groups is 1. The smallest absolute Gasteiger partial charge is 0.193 e. The fourth-order valence-corrected chi connectivity index (χ4v) is 2.37. The minimum Gasteiger partial charge on any atom is -0.497 e. The molecule has 0 amide bonds. The highest BCUT2D eigenvalue weighted by Gasteiger charge is 2.01. The maximum atomic E-state index is 5.86. The van der Waals surface area contributed by atoms with E-state index in [-0.39, 0.29) is 0 Å². The van der Waals surface area contributed by atoms with Crippen molar-refractivity contribution in [3.8, 4) is 5.75 Å². The number of thiazole rings is 1. The molecule has 1 aromatic heterocycles. The molecule has 0 saturated heterocycles. The summed E-state index contributed by atoms with van der Waals surface area (Å²) in [5, 5.41) is 6.17. The van der Waals surface area contributed by atoms with Crippen LogP contribution in [0.15, 0.2) is 34.6 Å². The Kier molecular flexibility index (Phi) is 4.95. The second-order valence-corrected chi connectivity index (χ2v) is 5.09. The van der Waals surface area contributed by atoms with E-state index in [1.807, 2.05) is 29.6 Å². The van der Waals surface area contributed by atoms with Gasteiger partial charge in [-0.05, 0) is 18.6 Å². The summed E-state index contributed by atoms with van der Waals surface area (Å²) in [6.07, 6.45) is 0.950. The van der Waals surface area contributed by atoms with Crippen LogP contribution in [0.1, 0.15) is 17.6 Å². The molecule has 0 aliphatic rings. The molecule has 0 aliphatic heterocycles. The Bertz CT molecular complexity index is 594. The summed E-state index contributed by atoms with van der Waals surface area (Å²) >= 11 is 1.65. The first-order valence-electron chi connectivity index (χ1n) is 6.35. The van der Waals surface area contributed by atoms with Crippen LogP contribution in [0.4, 0.5) is 5.69 Å². The summed E-state index contributed by atoms with van der Waals surface area (Å²) in [7, 11) is 1.63. The largest absolute Gasteiger partial charge is 0.497 e. The van der Waals surface area contributed by atoms with Crippen molar-refractivity contribution in [2.24, 2.45) is 10.7 Å². The summed E-state index contributed by atoms with van der Waals surface area (Å²) in [5.41, 5.74) is 7.65. The lowest BCUT2D eigenvalue weighted by Crippen LogP contribution is -2.22. The number of methoxy groups -OCH3 is 1. The van der Waals surface area contributed by atoms with E-state index in [1.54, 1.807) is 18.4 Å². The summed E-state index contributed by atoms with van der Waals surface area (Å²) in [5.74, 6) is 1.14. The number of rotatable bonds is 5. The number of aryl methyl sites for hydroxylation is 1. The highest BCUT2D eigenvalue weighted by molar-refractivity contribution is 7.09. The van der Waals surface area contributed by atoms with Crippen LogP contribution in [0, 0.1) is 0 Å². The fourth-order valence-electron chi connectivity index (χ4n) is 1.64. The second kappa shape index (κ2) is 6.91. The second-order valence-electron chi connectivity index (χ2n) is 4.14. The molecule has 0 spiro atoms. The number of ether oxygens (including phenoxy) is 1. The summed E-state index contributed by atoms with van der Waals surface area (Å²) in [6, 6.07) is 7.53. The third kappa shape index (κ3) is 3.96. The number of nitrogens with zero attached hydrogens (tertiary/aromatic N) is 2. The Morgan fingerprint density at radius 1 is 1.50 bits per heavy atom. The van der Waals surface area contributed by atoms with Crippen molar-refractivity contribution in [1.29, 1.82) is 0 Å². The number of nitrogens with one attached hydrogen (secondary N) is 1. The quantitative estimate of drug-likeness (QED) is 0.656. The minimum atomic E-state index is 0.365. The number of benzene rings is 1. The van der Waals surface area contributed by atoms with Gasteiger partial charge in [0.05, 0.1) is 24.4 Å². The highest BCUT2D eigenvalue weighted by Crippen LogP contribution is 2.16. The van der Waals surface area contributed by atoms with Crippen LogP contribution < -0.4 is 15.8 Å². The van der Waals surface area contributed by atoms with Crippen LogP contribution >= 0.6 is 11.3 Å². The number of aliphatic imine (C=N–C) groups is 1. The predicted molar refractivity (Wildman–Crippen MR) is 83.4 cm³/mol. The van der Waals surface area contributed by atoms with Gasteiger partial charge in [0.1, 0.15) is 5.75 Å². The van der Waals surface area contributed by atoms with Crippen molar-refractivity contribution < 1.29 is 4.74 Å². The minimum absolute atomic E-state index is 0.365. The van der Waals surface area contributed by atoms with E-state index in [1.165, 1.54) is 0 Å². The Hall–Kier alpha value is -2.08. The number of anilines is 1. The lowest BCUT2D eigenvalue weighted by atomic mass is 10.3. The first-order valence-corrected chi connectivity index (χ1v) is 7.23. The molecule has 2 aromatic rings. The van der Waals surface area contributed by atoms with Crippen LogP contribution in [0.25, 0.3) is 0 Å². The van der Waals surface area contributed by atoms with Crippen molar-refractivity contribution in [2.75, 3.05) is 12.4 Å². The topological polar surface area (TPSA) is 72.5 Å². The number of hydrogen-bond acceptors (Lipinski definition) is 4. The van der Waals surface area contributed by atoms with E-state index in [4.69, 9.17) is 10.5 Å². The van der Waals surface area contributed by atoms with E-state index < -0.39 is 0 Å². The van der Waals surface area contributed by atoms with Crippen LogP contribution in [0.3, 0.4) is 0 Å². The molecule has 1 aromatic carbocycles. The lowest BCUT2D eigenvalue weighted by molar-refractivity contribution is 0.415. The van der Waals surface area contributed by atoms with Gasteiger partial charge < -0.3 is 15.8 Å². The molecule has 6 heteroatoms. The summed E-state index contributed by atoms with van der Waals surface area (Å²) < 4.78 is 5.15. The Labute approximate surface area is 122 Å². The van der Waals surface area contributed by atoms with Crippen molar-refractivity contribution in [1.82, 2.24) is 4.98 Å². The molecule has 20 heavy (non-hydrogen) atoms. The number of nitrogens with two attached hydrogens (primary N) is 1. The number of hydrogen-bond donors (Lipinski definition) is 2. The summed E-state index contributed by atoms with van der Waals surface area (Å²) in [6.45, 7) is 2.57. The molecule has 106 valence electrons. The van der Waals surface area contributed by atoms with Gasteiger partial charge in [-0.2, -0.15) is 0 Å². The molecule has 0 fully saturated rings. The number of aromatic nitrogens is 1. The Morgan fingerprint density at radius 3 is 3.05 bits per heavy atom. The fraction of sp³-hybridized carbons (Fsp3) is 0.286. The zero-order valence-electron chi connectivity index (χ0n) is 11.6. The third-order valence-electron chi connectivity index (χ3n) is 2.66. The molecular weight excluding hydrogens is 272 g/mol. The van der Waals surface area contributed by atoms with E-state index in [0.717, 1.165) is 28.6 Å². The van der Waals surface area contributed by atoms with Gasteiger partial charge in [0.25, 0.3) is 0 Å². The average Bonchev–Trinajstić information content (AvgIpc) is 2.93. The zero-order valence-corrected chi connectivity index (χ0v) is 12.4. The molecular formula is C14H18N4OS. The van der Waals surface area contributed by atoms with E-state index in [2.05, 4.69) is 22.2 Å². The van der Waals surface area contributed by atoms with Gasteiger partial charge in [-0.15, -0.1) is 11.3 Å². The molecule has 3 N–H and O–H groups in total. The Balaban J connectivity index is 1.96. The van der Waals surface area contributed by atoms with E-state index in [9.17, 15) is 0 Å². The molecule has 0 unspecified atom stereocenters. The van der Waals surface area contributed by atoms with Gasteiger partial charge >= 0.3 is 0 Å². The highest BCUT2D eigenvalue weighted by atomic mass is 32.1. The maximum Gasteiger partial charge on any atom is 0.193 e. The lowest BCUT2D eigenvalue weighted by Gasteiger charge is -2.06.